The molecular formula is C20H25N3O2. The molecule has 2 fully saturated rings. The number of likely N-dealkylation sites (tertiary alicyclic amines) is 2. The van der Waals surface area contributed by atoms with E-state index in [1.807, 2.05) is 41.3 Å². The quantitative estimate of drug-likeness (QED) is 0.774. The van der Waals surface area contributed by atoms with Gasteiger partial charge < -0.3 is 9.64 Å². The first-order valence-corrected chi connectivity index (χ1v) is 9.07. The molecule has 3 rings (SSSR count). The van der Waals surface area contributed by atoms with Gasteiger partial charge in [-0.2, -0.15) is 5.26 Å². The van der Waals surface area contributed by atoms with Gasteiger partial charge in [0.25, 0.3) is 0 Å². The molecule has 0 N–H and O–H groups in total. The first-order chi connectivity index (χ1) is 12.3. The van der Waals surface area contributed by atoms with Gasteiger partial charge >= 0.3 is 0 Å². The first kappa shape index (κ1) is 17.5. The summed E-state index contributed by atoms with van der Waals surface area (Å²) < 4.78 is 5.23. The number of amides is 1. The molecule has 5 nitrogen and oxygen atoms in total. The molecule has 1 aromatic carbocycles. The summed E-state index contributed by atoms with van der Waals surface area (Å²) in [4.78, 5) is 17.0. The SMILES string of the molecule is N#CCOc1ccc(/C=C/C(=O)N2CCC[C@H](N3CCCC3)C2)cc1. The zero-order valence-electron chi connectivity index (χ0n) is 14.6. The average Bonchev–Trinajstić information content (AvgIpc) is 3.20. The lowest BCUT2D eigenvalue weighted by Crippen LogP contribution is -2.48. The van der Waals surface area contributed by atoms with E-state index in [1.54, 1.807) is 6.08 Å². The van der Waals surface area contributed by atoms with Crippen molar-refractivity contribution in [3.05, 3.63) is 35.9 Å². The fourth-order valence-corrected chi connectivity index (χ4v) is 3.62. The van der Waals surface area contributed by atoms with Gasteiger partial charge in [0.05, 0.1) is 0 Å². The fourth-order valence-electron chi connectivity index (χ4n) is 3.62. The lowest BCUT2D eigenvalue weighted by atomic mass is 10.0. The smallest absolute Gasteiger partial charge is 0.246 e. The normalized spacial score (nSPS) is 21.4. The molecular weight excluding hydrogens is 314 g/mol. The molecule has 0 spiro atoms. The third-order valence-electron chi connectivity index (χ3n) is 4.97. The van der Waals surface area contributed by atoms with Crippen LogP contribution >= 0.6 is 0 Å². The summed E-state index contributed by atoms with van der Waals surface area (Å²) in [6.07, 6.45) is 8.38. The summed E-state index contributed by atoms with van der Waals surface area (Å²) in [5, 5.41) is 8.51. The molecule has 0 unspecified atom stereocenters. The van der Waals surface area contributed by atoms with Gasteiger partial charge in [-0.05, 0) is 62.5 Å². The second kappa shape index (κ2) is 8.68. The van der Waals surface area contributed by atoms with Crippen molar-refractivity contribution in [1.82, 2.24) is 9.80 Å². The number of hydrogen-bond acceptors (Lipinski definition) is 4. The topological polar surface area (TPSA) is 56.6 Å². The molecule has 1 atom stereocenters. The van der Waals surface area contributed by atoms with Crippen LogP contribution in [0.15, 0.2) is 30.3 Å². The van der Waals surface area contributed by atoms with Crippen molar-refractivity contribution in [2.45, 2.75) is 31.7 Å². The number of rotatable bonds is 5. The van der Waals surface area contributed by atoms with Gasteiger partial charge in [0.1, 0.15) is 11.8 Å². The summed E-state index contributed by atoms with van der Waals surface area (Å²) in [7, 11) is 0. The van der Waals surface area contributed by atoms with E-state index in [4.69, 9.17) is 10.00 Å². The highest BCUT2D eigenvalue weighted by Crippen LogP contribution is 2.21. The minimum atomic E-state index is 0.0425. The Kier molecular flexibility index (Phi) is 6.08. The Morgan fingerprint density at radius 2 is 1.96 bits per heavy atom. The van der Waals surface area contributed by atoms with Crippen molar-refractivity contribution in [1.29, 1.82) is 5.26 Å². The molecule has 0 radical (unpaired) electrons. The number of hydrogen-bond donors (Lipinski definition) is 0. The van der Waals surface area contributed by atoms with Crippen molar-refractivity contribution in [2.75, 3.05) is 32.8 Å². The Bertz CT molecular complexity index is 642. The molecule has 2 heterocycles. The van der Waals surface area contributed by atoms with Gasteiger partial charge in [0, 0.05) is 25.2 Å². The third kappa shape index (κ3) is 4.83. The number of carbonyl (C=O) groups excluding carboxylic acids is 1. The summed E-state index contributed by atoms with van der Waals surface area (Å²) in [5.74, 6) is 0.753. The van der Waals surface area contributed by atoms with E-state index in [9.17, 15) is 4.79 Å². The molecule has 0 bridgehead atoms. The monoisotopic (exact) mass is 339 g/mol. The van der Waals surface area contributed by atoms with Crippen LogP contribution in [-0.4, -0.2) is 54.5 Å². The second-order valence-corrected chi connectivity index (χ2v) is 6.67. The molecule has 2 saturated heterocycles. The van der Waals surface area contributed by atoms with Gasteiger partial charge in [-0.1, -0.05) is 12.1 Å². The maximum Gasteiger partial charge on any atom is 0.246 e. The van der Waals surface area contributed by atoms with Crippen molar-refractivity contribution < 1.29 is 9.53 Å². The summed E-state index contributed by atoms with van der Waals surface area (Å²) >= 11 is 0. The van der Waals surface area contributed by atoms with Crippen LogP contribution in [0.4, 0.5) is 0 Å². The number of piperidine rings is 1. The standard InChI is InChI=1S/C20H25N3O2/c21-11-15-25-19-8-5-17(6-9-19)7-10-20(24)23-14-3-4-18(16-23)22-12-1-2-13-22/h5-10,18H,1-4,12-16H2/b10-7+/t18-/m0/s1. The number of benzene rings is 1. The highest BCUT2D eigenvalue weighted by molar-refractivity contribution is 5.91. The molecule has 2 aliphatic rings. The highest BCUT2D eigenvalue weighted by atomic mass is 16.5. The molecule has 25 heavy (non-hydrogen) atoms. The lowest BCUT2D eigenvalue weighted by Gasteiger charge is -2.37. The fraction of sp³-hybridized carbons (Fsp3) is 0.500. The van der Waals surface area contributed by atoms with Crippen LogP contribution < -0.4 is 4.74 Å². The van der Waals surface area contributed by atoms with Crippen molar-refractivity contribution in [3.8, 4) is 11.8 Å². The number of ether oxygens (including phenoxy) is 1. The van der Waals surface area contributed by atoms with Crippen molar-refractivity contribution in [2.24, 2.45) is 0 Å². The molecule has 132 valence electrons. The Balaban J connectivity index is 1.53. The maximum atomic E-state index is 12.5. The van der Waals surface area contributed by atoms with E-state index >= 15 is 0 Å². The minimum Gasteiger partial charge on any atom is -0.479 e. The van der Waals surface area contributed by atoms with Gasteiger partial charge in [0.2, 0.25) is 5.91 Å². The zero-order valence-corrected chi connectivity index (χ0v) is 14.6. The average molecular weight is 339 g/mol. The molecule has 0 saturated carbocycles. The van der Waals surface area contributed by atoms with E-state index in [-0.39, 0.29) is 12.5 Å². The van der Waals surface area contributed by atoms with E-state index in [1.165, 1.54) is 32.4 Å². The number of nitrogens with zero attached hydrogens (tertiary/aromatic N) is 3. The van der Waals surface area contributed by atoms with Crippen LogP contribution in [0.5, 0.6) is 5.75 Å². The van der Waals surface area contributed by atoms with Crippen LogP contribution in [0, 0.1) is 11.3 Å². The summed E-state index contributed by atoms with van der Waals surface area (Å²) in [6.45, 7) is 4.12. The van der Waals surface area contributed by atoms with Crippen LogP contribution in [0.2, 0.25) is 0 Å². The Labute approximate surface area is 149 Å². The van der Waals surface area contributed by atoms with E-state index in [0.29, 0.717) is 11.8 Å². The third-order valence-corrected chi connectivity index (χ3v) is 4.97. The minimum absolute atomic E-state index is 0.0425. The van der Waals surface area contributed by atoms with Crippen LogP contribution in [0.1, 0.15) is 31.2 Å². The molecule has 0 aromatic heterocycles. The Morgan fingerprint density at radius 1 is 1.20 bits per heavy atom. The van der Waals surface area contributed by atoms with Crippen LogP contribution in [0.25, 0.3) is 6.08 Å². The highest BCUT2D eigenvalue weighted by Gasteiger charge is 2.28. The van der Waals surface area contributed by atoms with Crippen LogP contribution in [-0.2, 0) is 4.79 Å². The van der Waals surface area contributed by atoms with Crippen molar-refractivity contribution >= 4 is 12.0 Å². The van der Waals surface area contributed by atoms with Gasteiger partial charge in [-0.3, -0.25) is 9.69 Å². The van der Waals surface area contributed by atoms with E-state index in [2.05, 4.69) is 4.90 Å². The van der Waals surface area contributed by atoms with E-state index < -0.39 is 0 Å². The summed E-state index contributed by atoms with van der Waals surface area (Å²) in [6, 6.07) is 9.87. The number of nitriles is 1. The maximum absolute atomic E-state index is 12.5. The molecule has 1 aromatic rings. The molecule has 0 aliphatic carbocycles. The van der Waals surface area contributed by atoms with Crippen molar-refractivity contribution in [3.63, 3.8) is 0 Å². The molecule has 5 heteroatoms. The molecule has 1 amide bonds. The van der Waals surface area contributed by atoms with Gasteiger partial charge in [-0.15, -0.1) is 0 Å². The van der Waals surface area contributed by atoms with E-state index in [0.717, 1.165) is 25.1 Å². The Morgan fingerprint density at radius 3 is 2.68 bits per heavy atom. The lowest BCUT2D eigenvalue weighted by molar-refractivity contribution is -0.127. The first-order valence-electron chi connectivity index (χ1n) is 9.07. The second-order valence-electron chi connectivity index (χ2n) is 6.67. The Hall–Kier alpha value is -2.32. The molecule has 2 aliphatic heterocycles. The van der Waals surface area contributed by atoms with Gasteiger partial charge in [0.15, 0.2) is 6.61 Å². The van der Waals surface area contributed by atoms with Gasteiger partial charge in [-0.25, -0.2) is 0 Å². The zero-order chi connectivity index (χ0) is 17.5. The summed E-state index contributed by atoms with van der Waals surface area (Å²) in [5.41, 5.74) is 0.950. The predicted molar refractivity (Wildman–Crippen MR) is 97.0 cm³/mol. The largest absolute Gasteiger partial charge is 0.479 e. The van der Waals surface area contributed by atoms with Crippen LogP contribution in [0.3, 0.4) is 0 Å². The number of carbonyl (C=O) groups is 1. The predicted octanol–water partition coefficient (Wildman–Crippen LogP) is 2.69.